The van der Waals surface area contributed by atoms with Gasteiger partial charge in [0.2, 0.25) is 0 Å². The highest BCUT2D eigenvalue weighted by Gasteiger charge is 2.28. The van der Waals surface area contributed by atoms with Gasteiger partial charge in [-0.2, -0.15) is 5.26 Å². The first-order valence-corrected chi connectivity index (χ1v) is 6.73. The number of hydrogen-bond donors (Lipinski definition) is 1. The van der Waals surface area contributed by atoms with Gasteiger partial charge in [0, 0.05) is 11.6 Å². The second-order valence-electron chi connectivity index (χ2n) is 4.73. The summed E-state index contributed by atoms with van der Waals surface area (Å²) in [5.41, 5.74) is 0.523. The molecule has 0 saturated heterocycles. The molecule has 1 amide bonds. The van der Waals surface area contributed by atoms with Crippen LogP contribution >= 0.6 is 0 Å². The van der Waals surface area contributed by atoms with E-state index in [0.717, 1.165) is 10.9 Å². The van der Waals surface area contributed by atoms with E-state index >= 15 is 0 Å². The molecule has 0 fully saturated rings. The van der Waals surface area contributed by atoms with Gasteiger partial charge in [-0.1, -0.05) is 32.0 Å². The minimum absolute atomic E-state index is 0.228. The Balaban J connectivity index is 2.40. The second-order valence-corrected chi connectivity index (χ2v) is 4.73. The lowest BCUT2D eigenvalue weighted by Crippen LogP contribution is -2.46. The predicted molar refractivity (Wildman–Crippen MR) is 78.1 cm³/mol. The van der Waals surface area contributed by atoms with E-state index in [9.17, 15) is 10.1 Å². The number of fused-ring (bicyclic) bond motifs is 1. The Labute approximate surface area is 118 Å². The van der Waals surface area contributed by atoms with E-state index in [0.29, 0.717) is 18.4 Å². The molecule has 1 N–H and O–H groups in total. The molecular formula is C16H17N3O. The summed E-state index contributed by atoms with van der Waals surface area (Å²) in [4.78, 5) is 16.7. The van der Waals surface area contributed by atoms with E-state index in [2.05, 4.69) is 16.4 Å². The van der Waals surface area contributed by atoms with Crippen LogP contribution < -0.4 is 5.32 Å². The molecule has 0 aliphatic heterocycles. The van der Waals surface area contributed by atoms with Crippen molar-refractivity contribution in [2.75, 3.05) is 0 Å². The van der Waals surface area contributed by atoms with Crippen molar-refractivity contribution in [1.29, 1.82) is 5.26 Å². The zero-order chi connectivity index (χ0) is 14.6. The lowest BCUT2D eigenvalue weighted by molar-refractivity contribution is 0.0917. The molecule has 0 saturated carbocycles. The van der Waals surface area contributed by atoms with Crippen molar-refractivity contribution in [1.82, 2.24) is 10.3 Å². The number of amides is 1. The smallest absolute Gasteiger partial charge is 0.253 e. The Morgan fingerprint density at radius 2 is 2.00 bits per heavy atom. The van der Waals surface area contributed by atoms with Crippen LogP contribution in [-0.4, -0.2) is 16.4 Å². The van der Waals surface area contributed by atoms with Crippen LogP contribution in [0.3, 0.4) is 0 Å². The first-order valence-electron chi connectivity index (χ1n) is 6.73. The predicted octanol–water partition coefficient (Wildman–Crippen LogP) is 3.05. The van der Waals surface area contributed by atoms with E-state index in [1.165, 1.54) is 0 Å². The van der Waals surface area contributed by atoms with E-state index in [1.54, 1.807) is 12.3 Å². The molecule has 1 heterocycles. The number of carbonyl (C=O) groups excluding carboxylic acids is 1. The van der Waals surface area contributed by atoms with Crippen LogP contribution in [0.15, 0.2) is 36.5 Å². The first-order chi connectivity index (χ1) is 9.65. The summed E-state index contributed by atoms with van der Waals surface area (Å²) in [5, 5.41) is 13.0. The van der Waals surface area contributed by atoms with Crippen LogP contribution in [0.5, 0.6) is 0 Å². The molecule has 102 valence electrons. The topological polar surface area (TPSA) is 65.8 Å². The van der Waals surface area contributed by atoms with E-state index in [-0.39, 0.29) is 5.91 Å². The number of benzene rings is 1. The van der Waals surface area contributed by atoms with Gasteiger partial charge in [0.05, 0.1) is 17.1 Å². The Bertz CT molecular complexity index is 663. The quantitative estimate of drug-likeness (QED) is 0.925. The fraction of sp³-hybridized carbons (Fsp3) is 0.312. The first kappa shape index (κ1) is 14.0. The molecule has 0 unspecified atom stereocenters. The summed E-state index contributed by atoms with van der Waals surface area (Å²) >= 11 is 0. The van der Waals surface area contributed by atoms with Crippen LogP contribution in [0, 0.1) is 11.3 Å². The van der Waals surface area contributed by atoms with Gasteiger partial charge in [-0.05, 0) is 25.0 Å². The molecule has 4 nitrogen and oxygen atoms in total. The highest BCUT2D eigenvalue weighted by Crippen LogP contribution is 2.19. The van der Waals surface area contributed by atoms with Gasteiger partial charge in [0.15, 0.2) is 0 Å². The van der Waals surface area contributed by atoms with Gasteiger partial charge in [0.25, 0.3) is 5.91 Å². The van der Waals surface area contributed by atoms with Crippen LogP contribution in [0.4, 0.5) is 0 Å². The van der Waals surface area contributed by atoms with Gasteiger partial charge in [-0.15, -0.1) is 0 Å². The average molecular weight is 267 g/mol. The van der Waals surface area contributed by atoms with Crippen LogP contribution in [0.25, 0.3) is 10.9 Å². The lowest BCUT2D eigenvalue weighted by Gasteiger charge is -2.25. The Hall–Kier alpha value is -2.41. The van der Waals surface area contributed by atoms with Crippen molar-refractivity contribution in [2.45, 2.75) is 32.2 Å². The number of hydrogen-bond acceptors (Lipinski definition) is 3. The SMILES string of the molecule is CCC(C#N)(CC)NC(=O)c1ccnc2ccccc12. The number of nitrogens with one attached hydrogen (secondary N) is 1. The van der Waals surface area contributed by atoms with Crippen molar-refractivity contribution in [3.8, 4) is 6.07 Å². The molecule has 1 aromatic heterocycles. The number of nitriles is 1. The lowest BCUT2D eigenvalue weighted by atomic mass is 9.94. The maximum absolute atomic E-state index is 12.5. The molecule has 0 aliphatic rings. The zero-order valence-corrected chi connectivity index (χ0v) is 11.7. The molecule has 0 atom stereocenters. The third kappa shape index (κ3) is 2.48. The third-order valence-electron chi connectivity index (χ3n) is 3.67. The highest BCUT2D eigenvalue weighted by molar-refractivity contribution is 6.06. The summed E-state index contributed by atoms with van der Waals surface area (Å²) in [7, 11) is 0. The van der Waals surface area contributed by atoms with E-state index in [4.69, 9.17) is 0 Å². The van der Waals surface area contributed by atoms with Gasteiger partial charge < -0.3 is 5.32 Å². The molecule has 2 rings (SSSR count). The van der Waals surface area contributed by atoms with Crippen molar-refractivity contribution < 1.29 is 4.79 Å². The fourth-order valence-corrected chi connectivity index (χ4v) is 2.19. The maximum atomic E-state index is 12.5. The summed E-state index contributed by atoms with van der Waals surface area (Å²) in [5.74, 6) is -0.228. The van der Waals surface area contributed by atoms with Gasteiger partial charge >= 0.3 is 0 Å². The largest absolute Gasteiger partial charge is 0.334 e. The Kier molecular flexibility index (Phi) is 3.99. The minimum atomic E-state index is -0.804. The molecule has 2 aromatic rings. The molecule has 20 heavy (non-hydrogen) atoms. The van der Waals surface area contributed by atoms with Crippen molar-refractivity contribution in [2.24, 2.45) is 0 Å². The number of pyridine rings is 1. The van der Waals surface area contributed by atoms with Crippen molar-refractivity contribution >= 4 is 16.8 Å². The van der Waals surface area contributed by atoms with Crippen LogP contribution in [0.2, 0.25) is 0 Å². The Morgan fingerprint density at radius 3 is 2.65 bits per heavy atom. The monoisotopic (exact) mass is 267 g/mol. The molecule has 1 aromatic carbocycles. The number of aromatic nitrogens is 1. The Morgan fingerprint density at radius 1 is 1.30 bits per heavy atom. The number of rotatable bonds is 4. The second kappa shape index (κ2) is 5.70. The number of nitrogens with zero attached hydrogens (tertiary/aromatic N) is 2. The summed E-state index contributed by atoms with van der Waals surface area (Å²) in [6, 6.07) is 11.4. The van der Waals surface area contributed by atoms with Gasteiger partial charge in [-0.25, -0.2) is 0 Å². The molecule has 0 radical (unpaired) electrons. The van der Waals surface area contributed by atoms with Crippen LogP contribution in [-0.2, 0) is 0 Å². The average Bonchev–Trinajstić information content (AvgIpc) is 2.52. The molecule has 0 aliphatic carbocycles. The fourth-order valence-electron chi connectivity index (χ4n) is 2.19. The van der Waals surface area contributed by atoms with Crippen molar-refractivity contribution in [3.63, 3.8) is 0 Å². The third-order valence-corrected chi connectivity index (χ3v) is 3.67. The highest BCUT2D eigenvalue weighted by atomic mass is 16.1. The van der Waals surface area contributed by atoms with Crippen molar-refractivity contribution in [3.05, 3.63) is 42.1 Å². The summed E-state index contributed by atoms with van der Waals surface area (Å²) < 4.78 is 0. The summed E-state index contributed by atoms with van der Waals surface area (Å²) in [6.07, 6.45) is 2.77. The van der Waals surface area contributed by atoms with Gasteiger partial charge in [0.1, 0.15) is 5.54 Å². The number of para-hydroxylation sites is 1. The normalized spacial score (nSPS) is 11.1. The maximum Gasteiger partial charge on any atom is 0.253 e. The van der Waals surface area contributed by atoms with E-state index in [1.807, 2.05) is 38.1 Å². The molecule has 0 spiro atoms. The van der Waals surface area contributed by atoms with Gasteiger partial charge in [-0.3, -0.25) is 9.78 Å². The molecule has 0 bridgehead atoms. The minimum Gasteiger partial charge on any atom is -0.334 e. The van der Waals surface area contributed by atoms with E-state index < -0.39 is 5.54 Å². The molecule has 4 heteroatoms. The zero-order valence-electron chi connectivity index (χ0n) is 11.7. The summed E-state index contributed by atoms with van der Waals surface area (Å²) in [6.45, 7) is 3.80. The van der Waals surface area contributed by atoms with Crippen LogP contribution in [0.1, 0.15) is 37.0 Å². The molecular weight excluding hydrogens is 250 g/mol. The number of carbonyl (C=O) groups is 1. The standard InChI is InChI=1S/C16H17N3O/c1-3-16(4-2,11-17)19-15(20)13-9-10-18-14-8-6-5-7-12(13)14/h5-10H,3-4H2,1-2H3,(H,19,20).